The molecule has 1 rings (SSSR count). The zero-order valence-corrected chi connectivity index (χ0v) is 13.8. The predicted octanol–water partition coefficient (Wildman–Crippen LogP) is 1.94. The second-order valence-electron chi connectivity index (χ2n) is 5.70. The van der Waals surface area contributed by atoms with Crippen LogP contribution in [0.25, 0.3) is 0 Å². The predicted molar refractivity (Wildman–Crippen MR) is 82.5 cm³/mol. The van der Waals surface area contributed by atoms with E-state index in [1.807, 2.05) is 0 Å². The Morgan fingerprint density at radius 2 is 1.78 bits per heavy atom. The fourth-order valence-corrected chi connectivity index (χ4v) is 1.72. The van der Waals surface area contributed by atoms with Crippen LogP contribution in [0.2, 0.25) is 0 Å². The number of Topliss-reactive ketones (excluding diaryl/α,β-unsaturated/α-hetero) is 1. The highest BCUT2D eigenvalue weighted by atomic mass is 16.6. The number of hydrogen-bond acceptors (Lipinski definition) is 6. The van der Waals surface area contributed by atoms with E-state index in [1.165, 1.54) is 19.2 Å². The maximum Gasteiger partial charge on any atom is 0.408 e. The van der Waals surface area contributed by atoms with Gasteiger partial charge in [0.05, 0.1) is 14.2 Å². The molecule has 0 radical (unpaired) electrons. The third-order valence-corrected chi connectivity index (χ3v) is 2.71. The first-order chi connectivity index (χ1) is 10.7. The molecule has 0 aliphatic heterocycles. The van der Waals surface area contributed by atoms with Crippen molar-refractivity contribution < 1.29 is 28.6 Å². The molecule has 0 saturated carbocycles. The summed E-state index contributed by atoms with van der Waals surface area (Å²) in [6, 6.07) is 4.74. The van der Waals surface area contributed by atoms with Crippen molar-refractivity contribution in [2.45, 2.75) is 32.4 Å². The molecule has 1 aromatic carbocycles. The second-order valence-corrected chi connectivity index (χ2v) is 5.70. The van der Waals surface area contributed by atoms with Crippen LogP contribution in [0.5, 0.6) is 5.75 Å². The molecule has 0 aliphatic rings. The fraction of sp³-hybridized carbons (Fsp3) is 0.438. The molecule has 1 amide bonds. The lowest BCUT2D eigenvalue weighted by Crippen LogP contribution is -2.48. The number of hydrogen-bond donors (Lipinski definition) is 1. The maximum atomic E-state index is 12.5. The molecule has 7 heteroatoms. The van der Waals surface area contributed by atoms with Crippen LogP contribution in [0.15, 0.2) is 24.3 Å². The Kier molecular flexibility index (Phi) is 6.12. The lowest BCUT2D eigenvalue weighted by molar-refractivity contribution is -0.141. The summed E-state index contributed by atoms with van der Waals surface area (Å²) < 4.78 is 14.7. The first-order valence-electron chi connectivity index (χ1n) is 6.93. The smallest absolute Gasteiger partial charge is 0.408 e. The van der Waals surface area contributed by atoms with Crippen molar-refractivity contribution in [2.75, 3.05) is 14.2 Å². The van der Waals surface area contributed by atoms with Crippen molar-refractivity contribution in [3.05, 3.63) is 29.8 Å². The Labute approximate surface area is 134 Å². The number of alkyl carbamates (subject to hydrolysis) is 1. The van der Waals surface area contributed by atoms with Gasteiger partial charge in [0, 0.05) is 5.56 Å². The number of ether oxygens (including phenoxy) is 3. The summed E-state index contributed by atoms with van der Waals surface area (Å²) in [6.45, 7) is 5.01. The number of carbonyl (C=O) groups excluding carboxylic acids is 3. The van der Waals surface area contributed by atoms with Gasteiger partial charge in [-0.25, -0.2) is 9.59 Å². The second kappa shape index (κ2) is 7.62. The minimum atomic E-state index is -1.50. The topological polar surface area (TPSA) is 90.9 Å². The summed E-state index contributed by atoms with van der Waals surface area (Å²) in [7, 11) is 2.59. The highest BCUT2D eigenvalue weighted by molar-refractivity contribution is 6.13. The Hall–Kier alpha value is -2.57. The summed E-state index contributed by atoms with van der Waals surface area (Å²) in [5.74, 6) is -1.05. The first-order valence-corrected chi connectivity index (χ1v) is 6.93. The first kappa shape index (κ1) is 18.5. The number of rotatable bonds is 5. The average Bonchev–Trinajstić information content (AvgIpc) is 2.49. The standard InChI is InChI=1S/C16H21NO6/c1-16(2,3)23-15(20)17-12(14(19)22-5)13(18)10-7-6-8-11(9-10)21-4/h6-9,12H,1-5H3,(H,17,20). The van der Waals surface area contributed by atoms with Gasteiger partial charge in [-0.3, -0.25) is 4.79 Å². The Bertz CT molecular complexity index is 590. The van der Waals surface area contributed by atoms with Gasteiger partial charge in [-0.1, -0.05) is 12.1 Å². The lowest BCUT2D eigenvalue weighted by atomic mass is 10.0. The number of benzene rings is 1. The van der Waals surface area contributed by atoms with Crippen LogP contribution in [0.3, 0.4) is 0 Å². The Morgan fingerprint density at radius 1 is 1.13 bits per heavy atom. The van der Waals surface area contributed by atoms with E-state index in [9.17, 15) is 14.4 Å². The molecule has 0 spiro atoms. The van der Waals surface area contributed by atoms with Crippen LogP contribution in [0.4, 0.5) is 4.79 Å². The third-order valence-electron chi connectivity index (χ3n) is 2.71. The zero-order chi connectivity index (χ0) is 17.6. The molecule has 126 valence electrons. The van der Waals surface area contributed by atoms with E-state index < -0.39 is 29.5 Å². The van der Waals surface area contributed by atoms with Crippen LogP contribution >= 0.6 is 0 Å². The molecule has 0 heterocycles. The molecule has 1 atom stereocenters. The van der Waals surface area contributed by atoms with E-state index in [0.29, 0.717) is 5.75 Å². The van der Waals surface area contributed by atoms with Crippen LogP contribution in [-0.2, 0) is 14.3 Å². The molecule has 7 nitrogen and oxygen atoms in total. The molecule has 0 bridgehead atoms. The fourth-order valence-electron chi connectivity index (χ4n) is 1.72. The molecule has 0 saturated heterocycles. The summed E-state index contributed by atoms with van der Waals surface area (Å²) >= 11 is 0. The van der Waals surface area contributed by atoms with Gasteiger partial charge < -0.3 is 19.5 Å². The summed E-state index contributed by atoms with van der Waals surface area (Å²) in [4.78, 5) is 36.2. The normalized spacial score (nSPS) is 12.0. The van der Waals surface area contributed by atoms with Crippen molar-refractivity contribution in [1.82, 2.24) is 5.32 Å². The van der Waals surface area contributed by atoms with E-state index in [4.69, 9.17) is 9.47 Å². The maximum absolute atomic E-state index is 12.5. The zero-order valence-electron chi connectivity index (χ0n) is 13.8. The number of ketones is 1. The molecule has 23 heavy (non-hydrogen) atoms. The molecule has 0 aromatic heterocycles. The number of methoxy groups -OCH3 is 2. The van der Waals surface area contributed by atoms with Crippen molar-refractivity contribution in [2.24, 2.45) is 0 Å². The lowest BCUT2D eigenvalue weighted by Gasteiger charge is -2.22. The van der Waals surface area contributed by atoms with Gasteiger partial charge in [-0.2, -0.15) is 0 Å². The Balaban J connectivity index is 2.99. The molecule has 0 fully saturated rings. The van der Waals surface area contributed by atoms with Crippen molar-refractivity contribution in [3.8, 4) is 5.75 Å². The molecular weight excluding hydrogens is 302 g/mol. The summed E-state index contributed by atoms with van der Waals surface area (Å²) in [6.07, 6.45) is -0.885. The third kappa shape index (κ3) is 5.61. The number of carbonyl (C=O) groups is 3. The van der Waals surface area contributed by atoms with Crippen molar-refractivity contribution in [3.63, 3.8) is 0 Å². The minimum Gasteiger partial charge on any atom is -0.497 e. The largest absolute Gasteiger partial charge is 0.497 e. The van der Waals surface area contributed by atoms with Crippen LogP contribution < -0.4 is 10.1 Å². The Morgan fingerprint density at radius 3 is 2.30 bits per heavy atom. The summed E-state index contributed by atoms with van der Waals surface area (Å²) in [5.41, 5.74) is -0.556. The van der Waals surface area contributed by atoms with E-state index in [2.05, 4.69) is 10.1 Å². The quantitative estimate of drug-likeness (QED) is 0.506. The van der Waals surface area contributed by atoms with Gasteiger partial charge in [0.15, 0.2) is 11.8 Å². The number of amides is 1. The molecule has 0 aliphatic carbocycles. The van der Waals surface area contributed by atoms with E-state index >= 15 is 0 Å². The monoisotopic (exact) mass is 323 g/mol. The molecule has 1 aromatic rings. The van der Waals surface area contributed by atoms with E-state index in [1.54, 1.807) is 32.9 Å². The number of esters is 1. The van der Waals surface area contributed by atoms with Crippen LogP contribution in [0.1, 0.15) is 31.1 Å². The van der Waals surface area contributed by atoms with E-state index in [0.717, 1.165) is 7.11 Å². The SMILES string of the molecule is COC(=O)C(NC(=O)OC(C)(C)C)C(=O)c1cccc(OC)c1. The van der Waals surface area contributed by atoms with Gasteiger partial charge in [0.25, 0.3) is 0 Å². The molecule has 1 N–H and O–H groups in total. The average molecular weight is 323 g/mol. The highest BCUT2D eigenvalue weighted by Gasteiger charge is 2.32. The number of nitrogens with one attached hydrogen (secondary N) is 1. The molecule has 1 unspecified atom stereocenters. The van der Waals surface area contributed by atoms with Gasteiger partial charge in [0.1, 0.15) is 11.4 Å². The van der Waals surface area contributed by atoms with Gasteiger partial charge in [-0.05, 0) is 32.9 Å². The summed E-state index contributed by atoms with van der Waals surface area (Å²) in [5, 5.41) is 2.23. The van der Waals surface area contributed by atoms with Crippen molar-refractivity contribution in [1.29, 1.82) is 0 Å². The van der Waals surface area contributed by atoms with Gasteiger partial charge >= 0.3 is 12.1 Å². The van der Waals surface area contributed by atoms with Gasteiger partial charge in [0.2, 0.25) is 0 Å². The molecular formula is C16H21NO6. The van der Waals surface area contributed by atoms with Crippen LogP contribution in [0, 0.1) is 0 Å². The van der Waals surface area contributed by atoms with Crippen molar-refractivity contribution >= 4 is 17.8 Å². The van der Waals surface area contributed by atoms with Gasteiger partial charge in [-0.15, -0.1) is 0 Å². The van der Waals surface area contributed by atoms with E-state index in [-0.39, 0.29) is 5.56 Å². The van der Waals surface area contributed by atoms with Crippen LogP contribution in [-0.4, -0.2) is 43.7 Å². The highest BCUT2D eigenvalue weighted by Crippen LogP contribution is 2.15. The minimum absolute atomic E-state index is 0.204.